The number of halogens is 1. The summed E-state index contributed by atoms with van der Waals surface area (Å²) in [5, 5.41) is 21.6. The van der Waals surface area contributed by atoms with Gasteiger partial charge in [-0.1, -0.05) is 17.7 Å². The molecule has 2 aromatic heterocycles. The van der Waals surface area contributed by atoms with Crippen molar-refractivity contribution in [2.24, 2.45) is 0 Å². The van der Waals surface area contributed by atoms with E-state index in [4.69, 9.17) is 16.0 Å². The summed E-state index contributed by atoms with van der Waals surface area (Å²) in [7, 11) is 0. The second-order valence-electron chi connectivity index (χ2n) is 5.39. The molecule has 0 bridgehead atoms. The van der Waals surface area contributed by atoms with Crippen LogP contribution in [-0.2, 0) is 0 Å². The number of aromatic nitrogens is 1. The van der Waals surface area contributed by atoms with Gasteiger partial charge in [-0.05, 0) is 37.3 Å². The first kappa shape index (κ1) is 13.9. The quantitative estimate of drug-likeness (QED) is 0.515. The Bertz CT molecular complexity index is 1070. The van der Waals surface area contributed by atoms with Crippen LogP contribution in [0, 0.1) is 6.92 Å². The van der Waals surface area contributed by atoms with Gasteiger partial charge in [0.15, 0.2) is 5.75 Å². The summed E-state index contributed by atoms with van der Waals surface area (Å²) >= 11 is 6.15. The van der Waals surface area contributed by atoms with E-state index in [9.17, 15) is 10.2 Å². The Balaban J connectivity index is 2.11. The smallest absolute Gasteiger partial charge is 0.160 e. The predicted molar refractivity (Wildman–Crippen MR) is 90.0 cm³/mol. The molecule has 2 N–H and O–H groups in total. The van der Waals surface area contributed by atoms with Gasteiger partial charge >= 0.3 is 0 Å². The number of benzene rings is 2. The van der Waals surface area contributed by atoms with E-state index in [0.717, 1.165) is 21.9 Å². The number of aromatic hydroxyl groups is 2. The third-order valence-electron chi connectivity index (χ3n) is 3.98. The van der Waals surface area contributed by atoms with Crippen LogP contribution in [0.2, 0.25) is 5.02 Å². The standard InChI is InChI=1S/C18H12ClNO3/c1-9-12-7-10(21)4-5-15(12)23-18(9)13-8-14(19)17(22)16-11(13)3-2-6-20-16/h2-8,21-22H,1H3. The number of fused-ring (bicyclic) bond motifs is 2. The SMILES string of the molecule is Cc1c(-c2cc(Cl)c(O)c3ncccc23)oc2ccc(O)cc12. The summed E-state index contributed by atoms with van der Waals surface area (Å²) in [4.78, 5) is 4.21. The molecule has 0 saturated heterocycles. The Morgan fingerprint density at radius 2 is 1.91 bits per heavy atom. The van der Waals surface area contributed by atoms with Crippen molar-refractivity contribution in [2.45, 2.75) is 6.92 Å². The summed E-state index contributed by atoms with van der Waals surface area (Å²) in [6.07, 6.45) is 1.60. The molecular weight excluding hydrogens is 314 g/mol. The average Bonchev–Trinajstić information content (AvgIpc) is 2.87. The number of phenols is 2. The fourth-order valence-corrected chi connectivity index (χ4v) is 3.05. The fourth-order valence-electron chi connectivity index (χ4n) is 2.85. The second-order valence-corrected chi connectivity index (χ2v) is 5.80. The van der Waals surface area contributed by atoms with E-state index in [-0.39, 0.29) is 16.5 Å². The van der Waals surface area contributed by atoms with E-state index < -0.39 is 0 Å². The van der Waals surface area contributed by atoms with Crippen LogP contribution in [0.3, 0.4) is 0 Å². The molecule has 2 aromatic carbocycles. The van der Waals surface area contributed by atoms with Crippen molar-refractivity contribution in [2.75, 3.05) is 0 Å². The zero-order valence-corrected chi connectivity index (χ0v) is 12.9. The van der Waals surface area contributed by atoms with E-state index in [0.29, 0.717) is 16.9 Å². The summed E-state index contributed by atoms with van der Waals surface area (Å²) in [5.74, 6) is 0.783. The van der Waals surface area contributed by atoms with Crippen LogP contribution in [0.15, 0.2) is 47.0 Å². The predicted octanol–water partition coefficient (Wildman–Crippen LogP) is 5.02. The van der Waals surface area contributed by atoms with E-state index in [1.807, 2.05) is 13.0 Å². The Labute approximate surface area is 136 Å². The van der Waals surface area contributed by atoms with Gasteiger partial charge in [0.05, 0.1) is 5.02 Å². The summed E-state index contributed by atoms with van der Waals surface area (Å²) in [6, 6.07) is 10.3. The first-order valence-corrected chi connectivity index (χ1v) is 7.42. The Morgan fingerprint density at radius 1 is 1.09 bits per heavy atom. The monoisotopic (exact) mass is 325 g/mol. The van der Waals surface area contributed by atoms with E-state index in [1.54, 1.807) is 36.5 Å². The minimum atomic E-state index is -0.0441. The molecule has 0 aliphatic carbocycles. The van der Waals surface area contributed by atoms with Crippen LogP contribution >= 0.6 is 11.6 Å². The molecule has 0 aliphatic rings. The molecule has 4 nitrogen and oxygen atoms in total. The van der Waals surface area contributed by atoms with E-state index in [1.165, 1.54) is 0 Å². The number of nitrogens with zero attached hydrogens (tertiary/aromatic N) is 1. The fraction of sp³-hybridized carbons (Fsp3) is 0.0556. The molecule has 0 saturated carbocycles. The van der Waals surface area contributed by atoms with Crippen molar-refractivity contribution in [3.8, 4) is 22.8 Å². The normalized spacial score (nSPS) is 11.4. The first-order chi connectivity index (χ1) is 11.1. The average molecular weight is 326 g/mol. The maximum absolute atomic E-state index is 10.1. The molecule has 0 amide bonds. The Morgan fingerprint density at radius 3 is 2.74 bits per heavy atom. The molecule has 0 spiro atoms. The molecule has 0 unspecified atom stereocenters. The van der Waals surface area contributed by atoms with Crippen LogP contribution in [-0.4, -0.2) is 15.2 Å². The number of hydrogen-bond acceptors (Lipinski definition) is 4. The number of furan rings is 1. The van der Waals surface area contributed by atoms with Gasteiger partial charge in [-0.25, -0.2) is 0 Å². The molecule has 4 rings (SSSR count). The lowest BCUT2D eigenvalue weighted by atomic mass is 10.0. The number of rotatable bonds is 1. The number of pyridine rings is 1. The Hall–Kier alpha value is -2.72. The van der Waals surface area contributed by atoms with Crippen LogP contribution < -0.4 is 0 Å². The van der Waals surface area contributed by atoms with Gasteiger partial charge in [0, 0.05) is 28.1 Å². The number of phenolic OH excluding ortho intramolecular Hbond substituents is 2. The lowest BCUT2D eigenvalue weighted by Crippen LogP contribution is -1.86. The van der Waals surface area contributed by atoms with E-state index in [2.05, 4.69) is 4.98 Å². The van der Waals surface area contributed by atoms with Crippen molar-refractivity contribution in [1.29, 1.82) is 0 Å². The van der Waals surface area contributed by atoms with Crippen LogP contribution in [0.1, 0.15) is 5.56 Å². The number of aryl methyl sites for hydroxylation is 1. The van der Waals surface area contributed by atoms with Gasteiger partial charge in [-0.3, -0.25) is 4.98 Å². The molecule has 0 fully saturated rings. The van der Waals surface area contributed by atoms with Gasteiger partial charge in [0.1, 0.15) is 22.6 Å². The lowest BCUT2D eigenvalue weighted by molar-refractivity contribution is 0.475. The summed E-state index contributed by atoms with van der Waals surface area (Å²) in [5.41, 5.74) is 2.75. The molecule has 114 valence electrons. The third kappa shape index (κ3) is 2.03. The van der Waals surface area contributed by atoms with Crippen molar-refractivity contribution in [1.82, 2.24) is 4.98 Å². The zero-order chi connectivity index (χ0) is 16.1. The van der Waals surface area contributed by atoms with Gasteiger partial charge < -0.3 is 14.6 Å². The zero-order valence-electron chi connectivity index (χ0n) is 12.2. The van der Waals surface area contributed by atoms with Crippen molar-refractivity contribution in [3.63, 3.8) is 0 Å². The van der Waals surface area contributed by atoms with Crippen LogP contribution in [0.4, 0.5) is 0 Å². The van der Waals surface area contributed by atoms with Gasteiger partial charge in [0.2, 0.25) is 0 Å². The van der Waals surface area contributed by atoms with Crippen molar-refractivity contribution >= 4 is 33.5 Å². The van der Waals surface area contributed by atoms with Gasteiger partial charge in [-0.2, -0.15) is 0 Å². The number of hydrogen-bond donors (Lipinski definition) is 2. The third-order valence-corrected chi connectivity index (χ3v) is 4.27. The first-order valence-electron chi connectivity index (χ1n) is 7.05. The van der Waals surface area contributed by atoms with Crippen molar-refractivity contribution in [3.05, 3.63) is 53.2 Å². The highest BCUT2D eigenvalue weighted by atomic mass is 35.5. The van der Waals surface area contributed by atoms with Gasteiger partial charge in [0.25, 0.3) is 0 Å². The highest BCUT2D eigenvalue weighted by Crippen LogP contribution is 2.42. The van der Waals surface area contributed by atoms with E-state index >= 15 is 0 Å². The largest absolute Gasteiger partial charge is 0.508 e. The van der Waals surface area contributed by atoms with Gasteiger partial charge in [-0.15, -0.1) is 0 Å². The molecule has 0 radical (unpaired) electrons. The van der Waals surface area contributed by atoms with Crippen LogP contribution in [0.5, 0.6) is 11.5 Å². The topological polar surface area (TPSA) is 66.5 Å². The summed E-state index contributed by atoms with van der Waals surface area (Å²) < 4.78 is 5.96. The summed E-state index contributed by atoms with van der Waals surface area (Å²) in [6.45, 7) is 1.92. The second kappa shape index (κ2) is 4.89. The minimum Gasteiger partial charge on any atom is -0.508 e. The maximum atomic E-state index is 10.1. The molecule has 2 heterocycles. The highest BCUT2D eigenvalue weighted by Gasteiger charge is 2.18. The lowest BCUT2D eigenvalue weighted by Gasteiger charge is -2.08. The van der Waals surface area contributed by atoms with Crippen LogP contribution in [0.25, 0.3) is 33.2 Å². The molecule has 5 heteroatoms. The molecule has 4 aromatic rings. The highest BCUT2D eigenvalue weighted by molar-refractivity contribution is 6.33. The molecule has 23 heavy (non-hydrogen) atoms. The molecule has 0 aliphatic heterocycles. The molecular formula is C18H12ClNO3. The Kier molecular flexibility index (Phi) is 2.96. The van der Waals surface area contributed by atoms with Crippen molar-refractivity contribution < 1.29 is 14.6 Å². The maximum Gasteiger partial charge on any atom is 0.160 e. The minimum absolute atomic E-state index is 0.0441. The molecule has 0 atom stereocenters.